The van der Waals surface area contributed by atoms with Gasteiger partial charge in [-0.2, -0.15) is 0 Å². The summed E-state index contributed by atoms with van der Waals surface area (Å²) in [4.78, 5) is 31.4. The Bertz CT molecular complexity index is 821. The smallest absolute Gasteiger partial charge is 0.326 e. The zero-order valence-electron chi connectivity index (χ0n) is 13.8. The molecule has 0 aromatic carbocycles. The average molecular weight is 334 g/mol. The van der Waals surface area contributed by atoms with Gasteiger partial charge in [-0.3, -0.25) is 9.36 Å². The van der Waals surface area contributed by atoms with Gasteiger partial charge < -0.3 is 5.11 Å². The maximum absolute atomic E-state index is 13.1. The molecule has 1 aliphatic rings. The molecule has 0 saturated carbocycles. The Balaban J connectivity index is 2.31. The second kappa shape index (κ2) is 6.07. The van der Waals surface area contributed by atoms with Crippen molar-refractivity contribution in [3.8, 4) is 0 Å². The van der Waals surface area contributed by atoms with E-state index in [0.717, 1.165) is 29.7 Å². The minimum absolute atomic E-state index is 0.173. The first-order valence-corrected chi connectivity index (χ1v) is 9.07. The van der Waals surface area contributed by atoms with E-state index in [1.165, 1.54) is 9.44 Å². The molecule has 2 atom stereocenters. The topological polar surface area (TPSA) is 72.2 Å². The molecule has 2 heterocycles. The van der Waals surface area contributed by atoms with Gasteiger partial charge in [0.05, 0.1) is 5.39 Å². The molecule has 0 amide bonds. The van der Waals surface area contributed by atoms with Crippen LogP contribution in [0.2, 0.25) is 0 Å². The van der Waals surface area contributed by atoms with Crippen molar-refractivity contribution in [2.75, 3.05) is 0 Å². The molecule has 3 rings (SSSR count). The highest BCUT2D eigenvalue weighted by atomic mass is 32.1. The summed E-state index contributed by atoms with van der Waals surface area (Å²) in [5.41, 5.74) is 0.936. The molecule has 1 aliphatic carbocycles. The molecular formula is C17H22N2O3S. The van der Waals surface area contributed by atoms with E-state index in [0.29, 0.717) is 30.0 Å². The Labute approximate surface area is 139 Å². The lowest BCUT2D eigenvalue weighted by atomic mass is 9.89. The summed E-state index contributed by atoms with van der Waals surface area (Å²) in [6.45, 7) is 5.93. The number of rotatable bonds is 4. The Morgan fingerprint density at radius 3 is 2.83 bits per heavy atom. The van der Waals surface area contributed by atoms with Gasteiger partial charge in [-0.25, -0.2) is 9.78 Å². The van der Waals surface area contributed by atoms with E-state index < -0.39 is 12.0 Å². The summed E-state index contributed by atoms with van der Waals surface area (Å²) in [5, 5.41) is 10.1. The van der Waals surface area contributed by atoms with Crippen LogP contribution >= 0.6 is 11.3 Å². The van der Waals surface area contributed by atoms with Crippen LogP contribution in [0.15, 0.2) is 4.79 Å². The van der Waals surface area contributed by atoms with E-state index >= 15 is 0 Å². The first kappa shape index (κ1) is 16.2. The molecule has 0 radical (unpaired) electrons. The quantitative estimate of drug-likeness (QED) is 0.932. The standard InChI is InChI=1S/C17H22N2O3S/c1-4-11(17(21)22)19-13(5-2)18-15-14(16(19)20)10-7-6-9(3)8-12(10)23-15/h9,11H,4-8H2,1-3H3,(H,21,22). The zero-order chi connectivity index (χ0) is 16.7. The fourth-order valence-electron chi connectivity index (χ4n) is 3.48. The van der Waals surface area contributed by atoms with Crippen molar-refractivity contribution in [3.63, 3.8) is 0 Å². The summed E-state index contributed by atoms with van der Waals surface area (Å²) in [6.07, 6.45) is 3.88. The van der Waals surface area contributed by atoms with E-state index in [2.05, 4.69) is 11.9 Å². The fourth-order valence-corrected chi connectivity index (χ4v) is 4.88. The number of aliphatic carboxylic acids is 1. The van der Waals surface area contributed by atoms with Crippen LogP contribution in [0.5, 0.6) is 0 Å². The van der Waals surface area contributed by atoms with Crippen molar-refractivity contribution in [2.24, 2.45) is 5.92 Å². The normalized spacial score (nSPS) is 18.8. The van der Waals surface area contributed by atoms with Gasteiger partial charge in [0.1, 0.15) is 16.7 Å². The monoisotopic (exact) mass is 334 g/mol. The van der Waals surface area contributed by atoms with E-state index in [1.807, 2.05) is 6.92 Å². The van der Waals surface area contributed by atoms with Crippen LogP contribution in [0.3, 0.4) is 0 Å². The highest BCUT2D eigenvalue weighted by Crippen LogP contribution is 2.36. The number of carboxylic acid groups (broad SMARTS) is 1. The van der Waals surface area contributed by atoms with Gasteiger partial charge in [0, 0.05) is 11.3 Å². The van der Waals surface area contributed by atoms with Crippen molar-refractivity contribution in [2.45, 2.75) is 58.9 Å². The summed E-state index contributed by atoms with van der Waals surface area (Å²) in [5.74, 6) is 0.234. The predicted octanol–water partition coefficient (Wildman–Crippen LogP) is 3.18. The highest BCUT2D eigenvalue weighted by Gasteiger charge is 2.28. The average Bonchev–Trinajstić information content (AvgIpc) is 2.86. The largest absolute Gasteiger partial charge is 0.480 e. The lowest BCUT2D eigenvalue weighted by molar-refractivity contribution is -0.141. The third-order valence-corrected chi connectivity index (χ3v) is 5.88. The minimum atomic E-state index is -0.969. The molecule has 0 saturated heterocycles. The van der Waals surface area contributed by atoms with Crippen LogP contribution in [0, 0.1) is 5.92 Å². The number of aromatic nitrogens is 2. The molecule has 1 N–H and O–H groups in total. The first-order chi connectivity index (χ1) is 11.0. The predicted molar refractivity (Wildman–Crippen MR) is 91.4 cm³/mol. The summed E-state index contributed by atoms with van der Waals surface area (Å²) < 4.78 is 1.41. The van der Waals surface area contributed by atoms with Crippen molar-refractivity contribution in [1.82, 2.24) is 9.55 Å². The van der Waals surface area contributed by atoms with Gasteiger partial charge in [-0.05, 0) is 37.2 Å². The number of thiophene rings is 1. The van der Waals surface area contributed by atoms with Gasteiger partial charge in [-0.1, -0.05) is 20.8 Å². The van der Waals surface area contributed by atoms with Crippen molar-refractivity contribution < 1.29 is 9.90 Å². The minimum Gasteiger partial charge on any atom is -0.480 e. The number of hydrogen-bond donors (Lipinski definition) is 1. The molecule has 0 fully saturated rings. The molecule has 0 bridgehead atoms. The van der Waals surface area contributed by atoms with Gasteiger partial charge in [0.25, 0.3) is 5.56 Å². The van der Waals surface area contributed by atoms with E-state index in [4.69, 9.17) is 0 Å². The van der Waals surface area contributed by atoms with E-state index in [1.54, 1.807) is 18.3 Å². The molecular weight excluding hydrogens is 312 g/mol. The van der Waals surface area contributed by atoms with Gasteiger partial charge in [-0.15, -0.1) is 11.3 Å². The molecule has 2 aromatic rings. The fraction of sp³-hybridized carbons (Fsp3) is 0.588. The van der Waals surface area contributed by atoms with Crippen LogP contribution in [0.1, 0.15) is 55.9 Å². The van der Waals surface area contributed by atoms with Crippen LogP contribution in [0.25, 0.3) is 10.2 Å². The highest BCUT2D eigenvalue weighted by molar-refractivity contribution is 7.18. The summed E-state index contributed by atoms with van der Waals surface area (Å²) in [6, 6.07) is -0.840. The van der Waals surface area contributed by atoms with Crippen LogP contribution in [-0.2, 0) is 24.1 Å². The number of aryl methyl sites for hydroxylation is 2. The second-order valence-electron chi connectivity index (χ2n) is 6.35. The van der Waals surface area contributed by atoms with E-state index in [9.17, 15) is 14.7 Å². The zero-order valence-corrected chi connectivity index (χ0v) is 14.6. The number of carbonyl (C=O) groups is 1. The van der Waals surface area contributed by atoms with Gasteiger partial charge in [0.15, 0.2) is 0 Å². The Hall–Kier alpha value is -1.69. The molecule has 23 heavy (non-hydrogen) atoms. The number of nitrogens with zero attached hydrogens (tertiary/aromatic N) is 2. The molecule has 124 valence electrons. The van der Waals surface area contributed by atoms with Crippen LogP contribution in [-0.4, -0.2) is 20.6 Å². The maximum Gasteiger partial charge on any atom is 0.326 e. The maximum atomic E-state index is 13.1. The van der Waals surface area contributed by atoms with E-state index in [-0.39, 0.29) is 5.56 Å². The number of carboxylic acids is 1. The van der Waals surface area contributed by atoms with Crippen molar-refractivity contribution in [3.05, 3.63) is 26.6 Å². The number of fused-ring (bicyclic) bond motifs is 3. The SMILES string of the molecule is CCc1nc2sc3c(c2c(=O)n1C(CC)C(=O)O)CCC(C)C3. The van der Waals surface area contributed by atoms with Crippen molar-refractivity contribution in [1.29, 1.82) is 0 Å². The Morgan fingerprint density at radius 2 is 2.22 bits per heavy atom. The Kier molecular flexibility index (Phi) is 4.27. The summed E-state index contributed by atoms with van der Waals surface area (Å²) >= 11 is 1.61. The lowest BCUT2D eigenvalue weighted by Gasteiger charge is -2.19. The second-order valence-corrected chi connectivity index (χ2v) is 7.43. The molecule has 2 aromatic heterocycles. The molecule has 2 unspecified atom stereocenters. The third kappa shape index (κ3) is 2.59. The van der Waals surface area contributed by atoms with Crippen molar-refractivity contribution >= 4 is 27.5 Å². The molecule has 0 spiro atoms. The lowest BCUT2D eigenvalue weighted by Crippen LogP contribution is -2.33. The molecule has 0 aliphatic heterocycles. The first-order valence-electron chi connectivity index (χ1n) is 8.26. The van der Waals surface area contributed by atoms with Gasteiger partial charge >= 0.3 is 5.97 Å². The summed E-state index contributed by atoms with van der Waals surface area (Å²) in [7, 11) is 0. The molecule has 6 heteroatoms. The van der Waals surface area contributed by atoms with Crippen LogP contribution < -0.4 is 5.56 Å². The molecule has 5 nitrogen and oxygen atoms in total. The number of hydrogen-bond acceptors (Lipinski definition) is 4. The third-order valence-electron chi connectivity index (χ3n) is 4.73. The van der Waals surface area contributed by atoms with Gasteiger partial charge in [0.2, 0.25) is 0 Å². The van der Waals surface area contributed by atoms with Crippen LogP contribution in [0.4, 0.5) is 0 Å². The Morgan fingerprint density at radius 1 is 1.48 bits per heavy atom.